The number of allylic oxidation sites excluding steroid dienone is 5. The Labute approximate surface area is 129 Å². The van der Waals surface area contributed by atoms with Gasteiger partial charge in [-0.15, -0.1) is 0 Å². The molecule has 0 aliphatic heterocycles. The third-order valence-corrected chi connectivity index (χ3v) is 3.15. The van der Waals surface area contributed by atoms with Crippen molar-refractivity contribution in [1.82, 2.24) is 0 Å². The quantitative estimate of drug-likeness (QED) is 0.384. The van der Waals surface area contributed by atoms with Gasteiger partial charge in [0.15, 0.2) is 0 Å². The van der Waals surface area contributed by atoms with Gasteiger partial charge in [0, 0.05) is 6.42 Å². The lowest BCUT2D eigenvalue weighted by atomic mass is 10.1. The Morgan fingerprint density at radius 2 is 1.67 bits per heavy atom. The van der Waals surface area contributed by atoms with Crippen molar-refractivity contribution in [1.29, 1.82) is 0 Å². The molecule has 21 heavy (non-hydrogen) atoms. The van der Waals surface area contributed by atoms with Gasteiger partial charge in [-0.05, 0) is 25.7 Å². The lowest BCUT2D eigenvalue weighted by Gasteiger charge is -1.99. The highest BCUT2D eigenvalue weighted by Crippen LogP contribution is 2.07. The number of rotatable bonds is 13. The minimum atomic E-state index is -0.694. The molecule has 0 aliphatic carbocycles. The van der Waals surface area contributed by atoms with Gasteiger partial charge in [0.2, 0.25) is 0 Å². The smallest absolute Gasteiger partial charge is 0.303 e. The Morgan fingerprint density at radius 3 is 2.38 bits per heavy atom. The van der Waals surface area contributed by atoms with Gasteiger partial charge < -0.3 is 10.2 Å². The molecule has 2 N–H and O–H groups in total. The van der Waals surface area contributed by atoms with Crippen molar-refractivity contribution in [2.45, 2.75) is 70.8 Å². The maximum atomic E-state index is 10.3. The second-order valence-electron chi connectivity index (χ2n) is 5.25. The van der Waals surface area contributed by atoms with Crippen LogP contribution in [0.3, 0.4) is 0 Å². The highest BCUT2D eigenvalue weighted by Gasteiger charge is 1.95. The van der Waals surface area contributed by atoms with E-state index in [1.165, 1.54) is 0 Å². The molecule has 0 amide bonds. The van der Waals surface area contributed by atoms with Gasteiger partial charge in [-0.2, -0.15) is 0 Å². The van der Waals surface area contributed by atoms with E-state index < -0.39 is 5.97 Å². The molecule has 0 spiro atoms. The van der Waals surface area contributed by atoms with E-state index in [4.69, 9.17) is 5.11 Å². The number of aliphatic carboxylic acids is 1. The Kier molecular flexibility index (Phi) is 14.1. The summed E-state index contributed by atoms with van der Waals surface area (Å²) in [6.07, 6.45) is 19.9. The largest absolute Gasteiger partial charge is 0.481 e. The third-order valence-electron chi connectivity index (χ3n) is 3.15. The van der Waals surface area contributed by atoms with Crippen LogP contribution >= 0.6 is 0 Å². The van der Waals surface area contributed by atoms with Crippen molar-refractivity contribution in [2.24, 2.45) is 0 Å². The zero-order valence-electron chi connectivity index (χ0n) is 13.2. The van der Waals surface area contributed by atoms with Gasteiger partial charge in [0.05, 0.1) is 6.10 Å². The second kappa shape index (κ2) is 15.0. The number of carbonyl (C=O) groups is 1. The van der Waals surface area contributed by atoms with Crippen molar-refractivity contribution in [3.05, 3.63) is 36.5 Å². The summed E-state index contributed by atoms with van der Waals surface area (Å²) in [5, 5.41) is 18.0. The fourth-order valence-corrected chi connectivity index (χ4v) is 1.96. The minimum absolute atomic E-state index is 0.297. The molecule has 0 rings (SSSR count). The average molecular weight is 294 g/mol. The number of aliphatic hydroxyl groups is 1. The molecule has 0 heterocycles. The normalized spacial score (nSPS) is 13.6. The van der Waals surface area contributed by atoms with Gasteiger partial charge in [0.25, 0.3) is 0 Å². The van der Waals surface area contributed by atoms with E-state index in [0.29, 0.717) is 6.42 Å². The predicted molar refractivity (Wildman–Crippen MR) is 88.3 cm³/mol. The topological polar surface area (TPSA) is 57.5 Å². The Hall–Kier alpha value is -1.35. The van der Waals surface area contributed by atoms with E-state index in [1.807, 2.05) is 30.4 Å². The van der Waals surface area contributed by atoms with Gasteiger partial charge in [-0.1, -0.05) is 69.1 Å². The van der Waals surface area contributed by atoms with Crippen molar-refractivity contribution < 1.29 is 15.0 Å². The highest BCUT2D eigenvalue weighted by molar-refractivity contribution is 5.66. The van der Waals surface area contributed by atoms with Crippen LogP contribution in [0.25, 0.3) is 0 Å². The highest BCUT2D eigenvalue weighted by atomic mass is 16.4. The molecule has 0 saturated carbocycles. The van der Waals surface area contributed by atoms with Gasteiger partial charge >= 0.3 is 5.97 Å². The molecule has 3 nitrogen and oxygen atoms in total. The third kappa shape index (κ3) is 16.6. The molecule has 1 atom stereocenters. The van der Waals surface area contributed by atoms with E-state index in [1.54, 1.807) is 0 Å². The van der Waals surface area contributed by atoms with Crippen LogP contribution in [0.5, 0.6) is 0 Å². The summed E-state index contributed by atoms with van der Waals surface area (Å²) in [5.41, 5.74) is 0. The molecule has 0 aromatic heterocycles. The fraction of sp³-hybridized carbons (Fsp3) is 0.611. The molecule has 3 heteroatoms. The van der Waals surface area contributed by atoms with Crippen LogP contribution in [0.1, 0.15) is 64.7 Å². The number of carboxylic acids is 1. The van der Waals surface area contributed by atoms with Gasteiger partial charge in [-0.25, -0.2) is 0 Å². The van der Waals surface area contributed by atoms with Gasteiger partial charge in [0.1, 0.15) is 0 Å². The summed E-state index contributed by atoms with van der Waals surface area (Å²) in [5.74, 6) is -0.694. The van der Waals surface area contributed by atoms with Crippen LogP contribution in [0.15, 0.2) is 36.5 Å². The van der Waals surface area contributed by atoms with E-state index in [-0.39, 0.29) is 6.10 Å². The SMILES string of the molecule is CCCC(O)/C=C/C=C/C=C/CCCCCCCC(=O)O. The predicted octanol–water partition coefficient (Wildman–Crippen LogP) is 4.63. The zero-order valence-corrected chi connectivity index (χ0v) is 13.2. The summed E-state index contributed by atoms with van der Waals surface area (Å²) >= 11 is 0. The molecular weight excluding hydrogens is 264 g/mol. The molecule has 120 valence electrons. The average Bonchev–Trinajstić information content (AvgIpc) is 2.44. The van der Waals surface area contributed by atoms with Crippen LogP contribution < -0.4 is 0 Å². The number of hydrogen-bond acceptors (Lipinski definition) is 2. The summed E-state index contributed by atoms with van der Waals surface area (Å²) in [7, 11) is 0. The van der Waals surface area contributed by atoms with Crippen molar-refractivity contribution >= 4 is 5.97 Å². The number of hydrogen-bond donors (Lipinski definition) is 2. The summed E-state index contributed by atoms with van der Waals surface area (Å²) in [4.78, 5) is 10.3. The van der Waals surface area contributed by atoms with Crippen molar-refractivity contribution in [2.75, 3.05) is 0 Å². The lowest BCUT2D eigenvalue weighted by molar-refractivity contribution is -0.137. The second-order valence-corrected chi connectivity index (χ2v) is 5.25. The number of aliphatic hydroxyl groups excluding tert-OH is 1. The van der Waals surface area contributed by atoms with Crippen LogP contribution in [-0.2, 0) is 4.79 Å². The molecule has 0 saturated heterocycles. The first-order chi connectivity index (χ1) is 10.2. The van der Waals surface area contributed by atoms with Gasteiger partial charge in [-0.3, -0.25) is 4.79 Å². The minimum Gasteiger partial charge on any atom is -0.481 e. The van der Waals surface area contributed by atoms with Crippen LogP contribution in [0.4, 0.5) is 0 Å². The monoisotopic (exact) mass is 294 g/mol. The number of unbranched alkanes of at least 4 members (excludes halogenated alkanes) is 5. The maximum Gasteiger partial charge on any atom is 0.303 e. The van der Waals surface area contributed by atoms with E-state index >= 15 is 0 Å². The van der Waals surface area contributed by atoms with Crippen LogP contribution in [0, 0.1) is 0 Å². The maximum absolute atomic E-state index is 10.3. The first-order valence-corrected chi connectivity index (χ1v) is 8.06. The van der Waals surface area contributed by atoms with Crippen molar-refractivity contribution in [3.8, 4) is 0 Å². The van der Waals surface area contributed by atoms with E-state index in [2.05, 4.69) is 13.0 Å². The first kappa shape index (κ1) is 19.7. The summed E-state index contributed by atoms with van der Waals surface area (Å²) in [6, 6.07) is 0. The molecule has 0 aromatic carbocycles. The molecule has 0 aromatic rings. The molecule has 0 aliphatic rings. The fourth-order valence-electron chi connectivity index (χ4n) is 1.96. The van der Waals surface area contributed by atoms with Crippen LogP contribution in [-0.4, -0.2) is 22.3 Å². The molecule has 1 unspecified atom stereocenters. The molecule has 0 bridgehead atoms. The van der Waals surface area contributed by atoms with E-state index in [0.717, 1.165) is 51.4 Å². The standard InChI is InChI=1S/C18H30O3/c1-2-14-17(19)15-12-10-8-6-4-3-5-7-9-11-13-16-18(20)21/h4,6,8,10,12,15,17,19H,2-3,5,7,9,11,13-14,16H2,1H3,(H,20,21)/b6-4+,10-8+,15-12+. The Bertz CT molecular complexity index is 329. The zero-order chi connectivity index (χ0) is 15.8. The first-order valence-electron chi connectivity index (χ1n) is 8.06. The molecule has 0 fully saturated rings. The molecular formula is C18H30O3. The number of carboxylic acid groups (broad SMARTS) is 1. The van der Waals surface area contributed by atoms with Crippen molar-refractivity contribution in [3.63, 3.8) is 0 Å². The van der Waals surface area contributed by atoms with Crippen LogP contribution in [0.2, 0.25) is 0 Å². The summed E-state index contributed by atoms with van der Waals surface area (Å²) in [6.45, 7) is 2.06. The Balaban J connectivity index is 3.41. The lowest BCUT2D eigenvalue weighted by Crippen LogP contribution is -1.99. The molecule has 0 radical (unpaired) electrons. The van der Waals surface area contributed by atoms with E-state index in [9.17, 15) is 9.90 Å². The summed E-state index contributed by atoms with van der Waals surface area (Å²) < 4.78 is 0. The Morgan fingerprint density at radius 1 is 1.00 bits per heavy atom.